The summed E-state index contributed by atoms with van der Waals surface area (Å²) in [5, 5.41) is 0. The van der Waals surface area contributed by atoms with E-state index in [4.69, 9.17) is 0 Å². The lowest BCUT2D eigenvalue weighted by atomic mass is 10.0. The van der Waals surface area contributed by atoms with E-state index in [1.165, 1.54) is 212 Å². The van der Waals surface area contributed by atoms with Crippen LogP contribution < -0.4 is 0 Å². The smallest absolute Gasteiger partial charge is 0.124 e. The van der Waals surface area contributed by atoms with Crippen LogP contribution in [0.5, 0.6) is 0 Å². The fourth-order valence-electron chi connectivity index (χ4n) is 8.15. The lowest BCUT2D eigenvalue weighted by Crippen LogP contribution is -2.49. The molecule has 5 heteroatoms. The fraction of sp³-hybridized carbons (Fsp3) is 0.870. The third-order valence-corrected chi connectivity index (χ3v) is 12.4. The highest BCUT2D eigenvalue weighted by atomic mass is 32.2. The molecule has 1 rings (SSSR count). The van der Waals surface area contributed by atoms with Crippen molar-refractivity contribution in [3.63, 3.8) is 0 Å². The molecule has 0 saturated heterocycles. The molecule has 0 amide bonds. The average Bonchev–Trinajstić information content (AvgIpc) is 3.11. The molecule has 0 aromatic heterocycles. The third-order valence-electron chi connectivity index (χ3n) is 11.5. The van der Waals surface area contributed by atoms with Crippen LogP contribution in [0, 0.1) is 0 Å². The van der Waals surface area contributed by atoms with Crippen LogP contribution in [0.3, 0.4) is 0 Å². The highest BCUT2D eigenvalue weighted by Gasteiger charge is 2.28. The van der Waals surface area contributed by atoms with Crippen LogP contribution in [0.2, 0.25) is 0 Å². The number of nitrogens with zero attached hydrogens (tertiary/aromatic N) is 1. The van der Waals surface area contributed by atoms with Crippen LogP contribution in [0.4, 0.5) is 0 Å². The molecule has 0 aliphatic heterocycles. The summed E-state index contributed by atoms with van der Waals surface area (Å²) in [4.78, 5) is 0.00399. The number of unbranched alkanes of at least 4 members (excludes halogenated alkanes) is 30. The molecule has 0 aliphatic rings. The highest BCUT2D eigenvalue weighted by Crippen LogP contribution is 2.26. The lowest BCUT2D eigenvalue weighted by Gasteiger charge is -2.40. The summed E-state index contributed by atoms with van der Waals surface area (Å²) in [6.45, 7) is 10.8. The molecule has 0 bridgehead atoms. The monoisotopic (exact) mass is 734 g/mol. The summed E-state index contributed by atoms with van der Waals surface area (Å²) < 4.78 is 38.0. The fourth-order valence-corrected chi connectivity index (χ4v) is 8.85. The number of benzene rings is 1. The lowest BCUT2D eigenvalue weighted by molar-refractivity contribution is -0.941. The Bertz CT molecular complexity index is 929. The van der Waals surface area contributed by atoms with Gasteiger partial charge in [-0.15, -0.1) is 0 Å². The SMILES string of the molecule is CCCCCCCCCCCCC[N+](CCCCCCCCCCCCC)(CCCCCCCCCCCCC)Cc1ccccc1S(=O)(=O)[O-]. The van der Waals surface area contributed by atoms with Crippen molar-refractivity contribution < 1.29 is 17.5 Å². The molecule has 0 saturated carbocycles. The van der Waals surface area contributed by atoms with E-state index < -0.39 is 10.1 Å². The third kappa shape index (κ3) is 27.3. The van der Waals surface area contributed by atoms with Crippen LogP contribution in [-0.4, -0.2) is 37.1 Å². The normalized spacial score (nSPS) is 12.2. The maximum Gasteiger partial charge on any atom is 0.124 e. The molecule has 4 nitrogen and oxygen atoms in total. The van der Waals surface area contributed by atoms with E-state index in [1.54, 1.807) is 12.1 Å². The van der Waals surface area contributed by atoms with Crippen LogP contribution in [0.15, 0.2) is 29.2 Å². The predicted molar refractivity (Wildman–Crippen MR) is 222 cm³/mol. The van der Waals surface area contributed by atoms with Crippen molar-refractivity contribution in [2.75, 3.05) is 19.6 Å². The maximum absolute atomic E-state index is 12.4. The van der Waals surface area contributed by atoms with Gasteiger partial charge >= 0.3 is 0 Å². The average molecular weight is 734 g/mol. The number of rotatable bonds is 39. The molecule has 0 N–H and O–H groups in total. The summed E-state index contributed by atoms with van der Waals surface area (Å²) in [6, 6.07) is 7.09. The Labute approximate surface area is 320 Å². The zero-order valence-electron chi connectivity index (χ0n) is 34.6. The second kappa shape index (κ2) is 33.6. The van der Waals surface area contributed by atoms with Gasteiger partial charge in [0.25, 0.3) is 0 Å². The standard InChI is InChI=1S/C46H87NO3S/c1-4-7-10-13-16-19-22-25-28-31-36-41-47(44-45-39-34-35-40-46(45)51(48,49)50,42-37-32-29-26-23-20-17-14-11-8-5-2)43-38-33-30-27-24-21-18-15-12-9-6-3/h34-35,39-40H,4-33,36-38,41-44H2,1-3H3. The second-order valence-corrected chi connectivity index (χ2v) is 17.7. The summed E-state index contributed by atoms with van der Waals surface area (Å²) in [6.07, 6.45) is 44.1. The van der Waals surface area contributed by atoms with Crippen molar-refractivity contribution in [3.8, 4) is 0 Å². The van der Waals surface area contributed by atoms with E-state index in [-0.39, 0.29) is 4.90 Å². The van der Waals surface area contributed by atoms with E-state index in [9.17, 15) is 13.0 Å². The number of hydrogen-bond acceptors (Lipinski definition) is 3. The van der Waals surface area contributed by atoms with Crippen LogP contribution in [-0.2, 0) is 16.7 Å². The molecule has 0 spiro atoms. The first kappa shape index (κ1) is 48.1. The molecule has 0 atom stereocenters. The van der Waals surface area contributed by atoms with Crippen molar-refractivity contribution >= 4 is 10.1 Å². The summed E-state index contributed by atoms with van der Waals surface area (Å²) in [7, 11) is -4.50. The van der Waals surface area contributed by atoms with E-state index in [0.29, 0.717) is 6.54 Å². The first-order chi connectivity index (χ1) is 24.9. The molecule has 300 valence electrons. The van der Waals surface area contributed by atoms with Gasteiger partial charge in [0.1, 0.15) is 16.7 Å². The highest BCUT2D eigenvalue weighted by molar-refractivity contribution is 7.85. The maximum atomic E-state index is 12.4. The molecule has 1 aromatic rings. The van der Waals surface area contributed by atoms with E-state index in [0.717, 1.165) is 29.7 Å². The van der Waals surface area contributed by atoms with Crippen molar-refractivity contribution in [1.82, 2.24) is 0 Å². The molecule has 0 fully saturated rings. The molecule has 0 aliphatic carbocycles. The van der Waals surface area contributed by atoms with Crippen molar-refractivity contribution in [3.05, 3.63) is 29.8 Å². The Morgan fingerprint density at radius 1 is 0.412 bits per heavy atom. The van der Waals surface area contributed by atoms with Crippen molar-refractivity contribution in [2.24, 2.45) is 0 Å². The van der Waals surface area contributed by atoms with Gasteiger partial charge < -0.3 is 9.04 Å². The second-order valence-electron chi connectivity index (χ2n) is 16.3. The van der Waals surface area contributed by atoms with Crippen molar-refractivity contribution in [2.45, 2.75) is 244 Å². The Kier molecular flexibility index (Phi) is 31.7. The van der Waals surface area contributed by atoms with E-state index >= 15 is 0 Å². The topological polar surface area (TPSA) is 57.2 Å². The molecular formula is C46H87NO3S. The van der Waals surface area contributed by atoms with Gasteiger partial charge in [-0.3, -0.25) is 0 Å². The minimum atomic E-state index is -4.50. The van der Waals surface area contributed by atoms with Gasteiger partial charge in [-0.1, -0.05) is 212 Å². The first-order valence-electron chi connectivity index (χ1n) is 22.8. The number of hydrogen-bond donors (Lipinski definition) is 0. The van der Waals surface area contributed by atoms with E-state index in [1.807, 2.05) is 12.1 Å². The minimum Gasteiger partial charge on any atom is -0.744 e. The summed E-state index contributed by atoms with van der Waals surface area (Å²) in [5.74, 6) is 0. The molecule has 1 aromatic carbocycles. The van der Waals surface area contributed by atoms with Crippen LogP contribution in [0.1, 0.15) is 238 Å². The zero-order chi connectivity index (χ0) is 37.1. The van der Waals surface area contributed by atoms with Gasteiger partial charge in [0.2, 0.25) is 0 Å². The van der Waals surface area contributed by atoms with Gasteiger partial charge in [-0.25, -0.2) is 8.42 Å². The van der Waals surface area contributed by atoms with Gasteiger partial charge in [0.15, 0.2) is 0 Å². The summed E-state index contributed by atoms with van der Waals surface area (Å²) in [5.41, 5.74) is 0.738. The molecular weight excluding hydrogens is 647 g/mol. The number of quaternary nitrogens is 1. The Balaban J connectivity index is 2.81. The van der Waals surface area contributed by atoms with E-state index in [2.05, 4.69) is 20.8 Å². The van der Waals surface area contributed by atoms with Gasteiger partial charge in [-0.05, 0) is 44.6 Å². The quantitative estimate of drug-likeness (QED) is 0.0384. The van der Waals surface area contributed by atoms with Gasteiger partial charge in [-0.2, -0.15) is 0 Å². The van der Waals surface area contributed by atoms with Gasteiger partial charge in [0, 0.05) is 5.56 Å². The summed E-state index contributed by atoms with van der Waals surface area (Å²) >= 11 is 0. The first-order valence-corrected chi connectivity index (χ1v) is 24.2. The van der Waals surface area contributed by atoms with Crippen molar-refractivity contribution in [1.29, 1.82) is 0 Å². The zero-order valence-corrected chi connectivity index (χ0v) is 35.4. The Morgan fingerprint density at radius 2 is 0.667 bits per heavy atom. The van der Waals surface area contributed by atoms with Crippen LogP contribution >= 0.6 is 0 Å². The largest absolute Gasteiger partial charge is 0.744 e. The molecule has 51 heavy (non-hydrogen) atoms. The Morgan fingerprint density at radius 3 is 0.941 bits per heavy atom. The molecule has 0 heterocycles. The van der Waals surface area contributed by atoms with Gasteiger partial charge in [0.05, 0.1) is 24.5 Å². The Hall–Kier alpha value is -0.910. The molecule has 0 unspecified atom stereocenters. The predicted octanol–water partition coefficient (Wildman–Crippen LogP) is 14.8. The minimum absolute atomic E-state index is 0.00399. The molecule has 0 radical (unpaired) electrons. The van der Waals surface area contributed by atoms with Crippen LogP contribution in [0.25, 0.3) is 0 Å².